The van der Waals surface area contributed by atoms with Crippen molar-refractivity contribution in [2.75, 3.05) is 11.9 Å². The molecule has 3 aromatic rings. The molecule has 0 unspecified atom stereocenters. The summed E-state index contributed by atoms with van der Waals surface area (Å²) in [5, 5.41) is 7.79. The third kappa shape index (κ3) is 5.14. The monoisotopic (exact) mass is 524 g/mol. The Morgan fingerprint density at radius 1 is 1.03 bits per heavy atom. The molecule has 2 aliphatic carbocycles. The Morgan fingerprint density at radius 2 is 1.72 bits per heavy atom. The summed E-state index contributed by atoms with van der Waals surface area (Å²) in [6.07, 6.45) is 6.53. The van der Waals surface area contributed by atoms with Crippen molar-refractivity contribution in [3.63, 3.8) is 0 Å². The number of ether oxygens (including phenoxy) is 1. The molecule has 2 aliphatic rings. The highest BCUT2D eigenvalue weighted by atomic mass is 32.2. The molecule has 0 radical (unpaired) electrons. The predicted octanol–water partition coefficient (Wildman–Crippen LogP) is 5.45. The molecular formula is C27H36N4O3SSi. The zero-order valence-corrected chi connectivity index (χ0v) is 23.5. The highest BCUT2D eigenvalue weighted by molar-refractivity contribution is 7.91. The fraction of sp³-hybridized carbons (Fsp3) is 0.481. The van der Waals surface area contributed by atoms with Crippen LogP contribution >= 0.6 is 0 Å². The van der Waals surface area contributed by atoms with Gasteiger partial charge in [-0.2, -0.15) is 4.98 Å². The standard InChI is InChI=1S/C27H36N4O3SSi/c1-19-8-5-11-22(16-19)35(32,33)27-29-26(31(30-27)18-34-14-15-36(2,3)4)28-25-23-12-6-9-20(23)17-21-10-7-13-24(21)25/h5,8,11,16-17H,6-7,9-10,12-15,18H2,1-4H3,(H,28,29,30). The number of sulfone groups is 1. The van der Waals surface area contributed by atoms with E-state index in [0.717, 1.165) is 55.8 Å². The van der Waals surface area contributed by atoms with Gasteiger partial charge in [0.1, 0.15) is 6.73 Å². The Bertz CT molecular complexity index is 1360. The summed E-state index contributed by atoms with van der Waals surface area (Å²) in [7, 11) is -5.11. The molecule has 0 saturated heterocycles. The molecule has 7 nitrogen and oxygen atoms in total. The summed E-state index contributed by atoms with van der Waals surface area (Å²) >= 11 is 0. The van der Waals surface area contributed by atoms with Crippen molar-refractivity contribution in [3.05, 3.63) is 58.1 Å². The number of aryl methyl sites for hydroxylation is 3. The zero-order chi connectivity index (χ0) is 25.5. The maximum Gasteiger partial charge on any atom is 0.273 e. The average molecular weight is 525 g/mol. The fourth-order valence-electron chi connectivity index (χ4n) is 5.11. The first kappa shape index (κ1) is 25.2. The minimum Gasteiger partial charge on any atom is -0.359 e. The van der Waals surface area contributed by atoms with Crippen LogP contribution in [-0.2, 0) is 47.0 Å². The summed E-state index contributed by atoms with van der Waals surface area (Å²) in [6.45, 7) is 9.57. The molecule has 0 saturated carbocycles. The maximum atomic E-state index is 13.4. The lowest BCUT2D eigenvalue weighted by molar-refractivity contribution is 0.0792. The van der Waals surface area contributed by atoms with Gasteiger partial charge < -0.3 is 10.1 Å². The van der Waals surface area contributed by atoms with Crippen LogP contribution in [-0.4, -0.2) is 37.9 Å². The average Bonchev–Trinajstić information content (AvgIpc) is 3.56. The van der Waals surface area contributed by atoms with Crippen molar-refractivity contribution in [1.29, 1.82) is 0 Å². The van der Waals surface area contributed by atoms with Crippen LogP contribution in [0.25, 0.3) is 0 Å². The highest BCUT2D eigenvalue weighted by Crippen LogP contribution is 2.40. The molecule has 192 valence electrons. The summed E-state index contributed by atoms with van der Waals surface area (Å²) in [5.41, 5.74) is 7.47. The molecule has 0 atom stereocenters. The Hall–Kier alpha value is -2.49. The number of nitrogens with one attached hydrogen (secondary N) is 1. The molecule has 5 rings (SSSR count). The number of hydrogen-bond acceptors (Lipinski definition) is 6. The van der Waals surface area contributed by atoms with Crippen LogP contribution in [0.5, 0.6) is 0 Å². The summed E-state index contributed by atoms with van der Waals surface area (Å²) in [6, 6.07) is 10.3. The van der Waals surface area contributed by atoms with E-state index in [9.17, 15) is 8.42 Å². The minimum absolute atomic E-state index is 0.153. The van der Waals surface area contributed by atoms with Crippen LogP contribution in [0.3, 0.4) is 0 Å². The molecule has 9 heteroatoms. The third-order valence-corrected chi connectivity index (χ3v) is 10.3. The lowest BCUT2D eigenvalue weighted by atomic mass is 9.99. The van der Waals surface area contributed by atoms with Crippen molar-refractivity contribution >= 4 is 29.5 Å². The Kier molecular flexibility index (Phi) is 6.82. The lowest BCUT2D eigenvalue weighted by Gasteiger charge is -2.18. The van der Waals surface area contributed by atoms with Gasteiger partial charge in [-0.25, -0.2) is 13.1 Å². The number of fused-ring (bicyclic) bond motifs is 2. The van der Waals surface area contributed by atoms with Gasteiger partial charge in [-0.15, -0.1) is 5.10 Å². The van der Waals surface area contributed by atoms with Gasteiger partial charge in [-0.3, -0.25) is 0 Å². The molecule has 0 bridgehead atoms. The highest BCUT2D eigenvalue weighted by Gasteiger charge is 2.28. The molecule has 36 heavy (non-hydrogen) atoms. The van der Waals surface area contributed by atoms with Gasteiger partial charge in [-0.1, -0.05) is 37.8 Å². The molecule has 0 spiro atoms. The minimum atomic E-state index is -3.86. The fourth-order valence-corrected chi connectivity index (χ4v) is 7.09. The number of aromatic nitrogens is 3. The summed E-state index contributed by atoms with van der Waals surface area (Å²) in [4.78, 5) is 4.74. The van der Waals surface area contributed by atoms with Gasteiger partial charge in [0.15, 0.2) is 0 Å². The van der Waals surface area contributed by atoms with Gasteiger partial charge in [-0.05, 0) is 91.4 Å². The second-order valence-electron chi connectivity index (χ2n) is 11.2. The molecule has 1 aromatic heterocycles. The van der Waals surface area contributed by atoms with E-state index in [1.807, 2.05) is 13.0 Å². The molecule has 1 heterocycles. The van der Waals surface area contributed by atoms with Crippen LogP contribution in [0.4, 0.5) is 11.6 Å². The van der Waals surface area contributed by atoms with E-state index in [1.54, 1.807) is 22.9 Å². The van der Waals surface area contributed by atoms with E-state index in [2.05, 4.69) is 41.1 Å². The van der Waals surface area contributed by atoms with E-state index < -0.39 is 17.9 Å². The Balaban J connectivity index is 1.51. The first-order valence-electron chi connectivity index (χ1n) is 12.9. The SMILES string of the molecule is Cc1cccc(S(=O)(=O)c2nc(Nc3c4c(cc5c3CCC5)CCC4)n(COCC[Si](C)(C)C)n2)c1. The number of nitrogens with zero attached hydrogens (tertiary/aromatic N) is 3. The largest absolute Gasteiger partial charge is 0.359 e. The predicted molar refractivity (Wildman–Crippen MR) is 145 cm³/mol. The molecular weight excluding hydrogens is 488 g/mol. The van der Waals surface area contributed by atoms with Gasteiger partial charge in [0.25, 0.3) is 5.16 Å². The van der Waals surface area contributed by atoms with Crippen LogP contribution in [0.15, 0.2) is 40.4 Å². The second kappa shape index (κ2) is 9.76. The lowest BCUT2D eigenvalue weighted by Crippen LogP contribution is -2.22. The topological polar surface area (TPSA) is 86.1 Å². The van der Waals surface area contributed by atoms with Crippen molar-refractivity contribution in [2.45, 2.75) is 87.9 Å². The van der Waals surface area contributed by atoms with E-state index >= 15 is 0 Å². The third-order valence-electron chi connectivity index (χ3n) is 7.11. The number of anilines is 2. The normalized spacial score (nSPS) is 15.2. The molecule has 0 amide bonds. The summed E-state index contributed by atoms with van der Waals surface area (Å²) in [5.74, 6) is 0.420. The first-order chi connectivity index (χ1) is 17.1. The van der Waals surface area contributed by atoms with Gasteiger partial charge in [0, 0.05) is 20.4 Å². The number of benzene rings is 2. The maximum absolute atomic E-state index is 13.4. The van der Waals surface area contributed by atoms with Gasteiger partial charge in [0.05, 0.1) is 4.90 Å². The van der Waals surface area contributed by atoms with Crippen LogP contribution in [0.1, 0.15) is 40.7 Å². The molecule has 1 N–H and O–H groups in total. The quantitative estimate of drug-likeness (QED) is 0.296. The van der Waals surface area contributed by atoms with Gasteiger partial charge in [0.2, 0.25) is 15.8 Å². The van der Waals surface area contributed by atoms with Crippen LogP contribution in [0.2, 0.25) is 25.7 Å². The van der Waals surface area contributed by atoms with E-state index in [1.165, 1.54) is 22.3 Å². The van der Waals surface area contributed by atoms with E-state index in [-0.39, 0.29) is 16.8 Å². The van der Waals surface area contributed by atoms with E-state index in [0.29, 0.717) is 12.6 Å². The van der Waals surface area contributed by atoms with Crippen molar-refractivity contribution in [3.8, 4) is 0 Å². The first-order valence-corrected chi connectivity index (χ1v) is 18.1. The van der Waals surface area contributed by atoms with Crippen molar-refractivity contribution in [2.24, 2.45) is 0 Å². The van der Waals surface area contributed by atoms with Crippen molar-refractivity contribution < 1.29 is 13.2 Å². The molecule has 2 aromatic carbocycles. The Morgan fingerprint density at radius 3 is 2.36 bits per heavy atom. The van der Waals surface area contributed by atoms with Crippen LogP contribution < -0.4 is 5.32 Å². The Labute approximate surface area is 215 Å². The van der Waals surface area contributed by atoms with Crippen molar-refractivity contribution in [1.82, 2.24) is 14.8 Å². The van der Waals surface area contributed by atoms with E-state index in [4.69, 9.17) is 4.74 Å². The zero-order valence-electron chi connectivity index (χ0n) is 21.7. The second-order valence-corrected chi connectivity index (χ2v) is 18.7. The molecule has 0 aliphatic heterocycles. The number of hydrogen-bond donors (Lipinski definition) is 1. The number of rotatable bonds is 9. The molecule has 0 fully saturated rings. The van der Waals surface area contributed by atoms with Gasteiger partial charge >= 0.3 is 0 Å². The van der Waals surface area contributed by atoms with Crippen LogP contribution in [0, 0.1) is 6.92 Å². The smallest absolute Gasteiger partial charge is 0.273 e. The summed E-state index contributed by atoms with van der Waals surface area (Å²) < 4.78 is 34.4.